The largest absolute Gasteiger partial charge is 0.457 e. The van der Waals surface area contributed by atoms with Gasteiger partial charge in [-0.3, -0.25) is 9.78 Å². The van der Waals surface area contributed by atoms with E-state index in [0.717, 1.165) is 17.7 Å². The van der Waals surface area contributed by atoms with Crippen molar-refractivity contribution in [1.29, 1.82) is 0 Å². The number of pyridine rings is 1. The molecule has 0 fully saturated rings. The van der Waals surface area contributed by atoms with Crippen LogP contribution in [0, 0.1) is 18.6 Å². The van der Waals surface area contributed by atoms with E-state index >= 15 is 0 Å². The van der Waals surface area contributed by atoms with Gasteiger partial charge in [-0.15, -0.1) is 0 Å². The number of nitrogens with one attached hydrogen (secondary N) is 3. The number of aryl methyl sites for hydroxylation is 1. The van der Waals surface area contributed by atoms with Gasteiger partial charge in [0.2, 0.25) is 0 Å². The first kappa shape index (κ1) is 22.0. The van der Waals surface area contributed by atoms with Crippen LogP contribution in [0.3, 0.4) is 0 Å². The van der Waals surface area contributed by atoms with Crippen molar-refractivity contribution >= 4 is 34.9 Å². The van der Waals surface area contributed by atoms with E-state index in [1.54, 1.807) is 25.1 Å². The zero-order valence-corrected chi connectivity index (χ0v) is 17.2. The molecule has 0 bridgehead atoms. The molecule has 3 amide bonds. The molecule has 0 atom stereocenters. The van der Waals surface area contributed by atoms with Crippen molar-refractivity contribution in [2.24, 2.45) is 0 Å². The van der Waals surface area contributed by atoms with Crippen molar-refractivity contribution in [2.75, 3.05) is 17.7 Å². The Balaban J connectivity index is 1.73. The van der Waals surface area contributed by atoms with Crippen LogP contribution in [0.15, 0.2) is 48.7 Å². The van der Waals surface area contributed by atoms with Gasteiger partial charge >= 0.3 is 6.03 Å². The van der Waals surface area contributed by atoms with Gasteiger partial charge in [0.25, 0.3) is 5.91 Å². The molecule has 0 saturated heterocycles. The Morgan fingerprint density at radius 3 is 2.35 bits per heavy atom. The molecule has 10 heteroatoms. The van der Waals surface area contributed by atoms with E-state index in [0.29, 0.717) is 10.7 Å². The summed E-state index contributed by atoms with van der Waals surface area (Å²) in [5.41, 5.74) is 0.573. The lowest BCUT2D eigenvalue weighted by molar-refractivity contribution is 0.0957. The molecule has 0 spiro atoms. The number of halogens is 3. The van der Waals surface area contributed by atoms with Crippen LogP contribution in [0.4, 0.5) is 25.0 Å². The van der Waals surface area contributed by atoms with Crippen molar-refractivity contribution in [3.05, 3.63) is 76.6 Å². The highest BCUT2D eigenvalue weighted by atomic mass is 35.5. The molecule has 3 N–H and O–H groups in total. The van der Waals surface area contributed by atoms with Crippen molar-refractivity contribution in [1.82, 2.24) is 10.3 Å². The fraction of sp³-hybridized carbons (Fsp3) is 0.0952. The molecule has 1 aromatic heterocycles. The average Bonchev–Trinajstić information content (AvgIpc) is 2.73. The minimum atomic E-state index is -1.04. The zero-order valence-electron chi connectivity index (χ0n) is 16.4. The zero-order chi connectivity index (χ0) is 22.5. The minimum absolute atomic E-state index is 0.0772. The van der Waals surface area contributed by atoms with Gasteiger partial charge in [0.05, 0.1) is 0 Å². The molecule has 0 aliphatic rings. The average molecular weight is 447 g/mol. The predicted molar refractivity (Wildman–Crippen MR) is 113 cm³/mol. The van der Waals surface area contributed by atoms with E-state index in [9.17, 15) is 18.4 Å². The Bertz CT molecular complexity index is 1130. The predicted octanol–water partition coefficient (Wildman–Crippen LogP) is 5.12. The van der Waals surface area contributed by atoms with Gasteiger partial charge in [0, 0.05) is 42.2 Å². The summed E-state index contributed by atoms with van der Waals surface area (Å²) in [7, 11) is 1.44. The molecule has 0 unspecified atom stereocenters. The second-order valence-corrected chi connectivity index (χ2v) is 6.77. The molecule has 7 nitrogen and oxygen atoms in total. The lowest BCUT2D eigenvalue weighted by Crippen LogP contribution is -2.21. The first-order valence-electron chi connectivity index (χ1n) is 8.96. The van der Waals surface area contributed by atoms with E-state index in [1.807, 2.05) is 0 Å². The number of benzene rings is 2. The normalized spacial score (nSPS) is 10.4. The number of carbonyl (C=O) groups is 2. The van der Waals surface area contributed by atoms with Crippen LogP contribution in [-0.4, -0.2) is 24.0 Å². The summed E-state index contributed by atoms with van der Waals surface area (Å²) in [6.45, 7) is 1.75. The molecule has 2 aromatic carbocycles. The molecule has 1 heterocycles. The quantitative estimate of drug-likeness (QED) is 0.507. The number of amides is 3. The van der Waals surface area contributed by atoms with E-state index in [4.69, 9.17) is 16.3 Å². The summed E-state index contributed by atoms with van der Waals surface area (Å²) in [4.78, 5) is 27.6. The monoisotopic (exact) mass is 446 g/mol. The van der Waals surface area contributed by atoms with E-state index in [1.165, 1.54) is 25.4 Å². The van der Waals surface area contributed by atoms with Gasteiger partial charge < -0.3 is 20.7 Å². The molecule has 0 aliphatic carbocycles. The lowest BCUT2D eigenvalue weighted by atomic mass is 10.2. The number of anilines is 2. The van der Waals surface area contributed by atoms with Gasteiger partial charge in [0.1, 0.15) is 22.9 Å². The third kappa shape index (κ3) is 5.46. The highest BCUT2D eigenvalue weighted by Crippen LogP contribution is 2.29. The number of hydrogen-bond donors (Lipinski definition) is 3. The summed E-state index contributed by atoms with van der Waals surface area (Å²) in [5.74, 6) is -2.53. The number of nitrogens with zero attached hydrogens (tertiary/aromatic N) is 1. The molecular formula is C21H17ClF2N4O3. The maximum absolute atomic E-state index is 14.4. The second-order valence-electron chi connectivity index (χ2n) is 6.36. The number of carbonyl (C=O) groups excluding carboxylic acids is 2. The van der Waals surface area contributed by atoms with Gasteiger partial charge in [-0.1, -0.05) is 11.6 Å². The SMILES string of the molecule is CNC(=O)c1cc(Oc2cc(F)c(NC(=O)Nc3ccc(Cl)c(C)c3)c(F)c2)ccn1. The fourth-order valence-electron chi connectivity index (χ4n) is 2.59. The Labute approximate surface area is 181 Å². The molecule has 0 saturated carbocycles. The number of urea groups is 1. The number of aromatic nitrogens is 1. The van der Waals surface area contributed by atoms with E-state index in [-0.39, 0.29) is 17.2 Å². The maximum atomic E-state index is 14.4. The van der Waals surface area contributed by atoms with Crippen LogP contribution >= 0.6 is 11.6 Å². The molecule has 0 radical (unpaired) electrons. The van der Waals surface area contributed by atoms with Crippen LogP contribution in [0.25, 0.3) is 0 Å². The highest BCUT2D eigenvalue weighted by Gasteiger charge is 2.16. The lowest BCUT2D eigenvalue weighted by Gasteiger charge is -2.12. The van der Waals surface area contributed by atoms with Crippen molar-refractivity contribution in [3.63, 3.8) is 0 Å². The van der Waals surface area contributed by atoms with Gasteiger partial charge in [-0.25, -0.2) is 13.6 Å². The van der Waals surface area contributed by atoms with Gasteiger partial charge in [0.15, 0.2) is 11.6 Å². The molecule has 160 valence electrons. The Morgan fingerprint density at radius 1 is 1.00 bits per heavy atom. The standard InChI is InChI=1S/C21H17ClF2N4O3/c1-11-7-12(3-4-15(11)22)27-21(30)28-19-16(23)8-14(9-17(19)24)31-13-5-6-26-18(10-13)20(29)25-2/h3-10H,1-2H3,(H,25,29)(H2,27,28,30). The molecule has 3 rings (SSSR count). The Morgan fingerprint density at radius 2 is 1.71 bits per heavy atom. The Hall–Kier alpha value is -3.72. The molecule has 0 aliphatic heterocycles. The topological polar surface area (TPSA) is 92.4 Å². The van der Waals surface area contributed by atoms with E-state index < -0.39 is 29.3 Å². The van der Waals surface area contributed by atoms with Gasteiger partial charge in [-0.05, 0) is 36.8 Å². The van der Waals surface area contributed by atoms with Crippen LogP contribution in [0.2, 0.25) is 5.02 Å². The third-order valence-electron chi connectivity index (χ3n) is 4.10. The summed E-state index contributed by atoms with van der Waals surface area (Å²) >= 11 is 5.93. The van der Waals surface area contributed by atoms with Crippen LogP contribution in [0.5, 0.6) is 11.5 Å². The van der Waals surface area contributed by atoms with E-state index in [2.05, 4.69) is 20.9 Å². The Kier molecular flexibility index (Phi) is 6.66. The molecule has 31 heavy (non-hydrogen) atoms. The highest BCUT2D eigenvalue weighted by molar-refractivity contribution is 6.31. The first-order valence-corrected chi connectivity index (χ1v) is 9.34. The molecule has 3 aromatic rings. The molecular weight excluding hydrogens is 430 g/mol. The van der Waals surface area contributed by atoms with Crippen molar-refractivity contribution < 1.29 is 23.1 Å². The summed E-state index contributed by atoms with van der Waals surface area (Å²) < 4.78 is 34.3. The number of hydrogen-bond acceptors (Lipinski definition) is 4. The third-order valence-corrected chi connectivity index (χ3v) is 4.52. The maximum Gasteiger partial charge on any atom is 0.323 e. The van der Waals surface area contributed by atoms with Gasteiger partial charge in [-0.2, -0.15) is 0 Å². The first-order chi connectivity index (χ1) is 14.8. The minimum Gasteiger partial charge on any atom is -0.457 e. The second kappa shape index (κ2) is 9.40. The number of ether oxygens (including phenoxy) is 1. The van der Waals surface area contributed by atoms with Crippen LogP contribution < -0.4 is 20.7 Å². The van der Waals surface area contributed by atoms with Crippen LogP contribution in [0.1, 0.15) is 16.1 Å². The summed E-state index contributed by atoms with van der Waals surface area (Å²) in [5, 5.41) is 7.54. The fourth-order valence-corrected chi connectivity index (χ4v) is 2.71. The van der Waals surface area contributed by atoms with Crippen molar-refractivity contribution in [3.8, 4) is 11.5 Å². The summed E-state index contributed by atoms with van der Waals surface area (Å²) in [6, 6.07) is 8.49. The number of rotatable bonds is 5. The summed E-state index contributed by atoms with van der Waals surface area (Å²) in [6.07, 6.45) is 1.32. The van der Waals surface area contributed by atoms with Crippen molar-refractivity contribution in [2.45, 2.75) is 6.92 Å². The van der Waals surface area contributed by atoms with Crippen LogP contribution in [-0.2, 0) is 0 Å². The smallest absolute Gasteiger partial charge is 0.323 e.